The number of nitrogens with zero attached hydrogens (tertiary/aromatic N) is 1. The van der Waals surface area contributed by atoms with Crippen molar-refractivity contribution in [3.05, 3.63) is 29.8 Å². The zero-order valence-electron chi connectivity index (χ0n) is 16.4. The van der Waals surface area contributed by atoms with Gasteiger partial charge in [0.25, 0.3) is 0 Å². The van der Waals surface area contributed by atoms with Crippen LogP contribution in [0.15, 0.2) is 29.3 Å². The van der Waals surface area contributed by atoms with E-state index in [4.69, 9.17) is 18.9 Å². The lowest BCUT2D eigenvalue weighted by Crippen LogP contribution is -2.55. The van der Waals surface area contributed by atoms with Gasteiger partial charge in [-0.1, -0.05) is 13.8 Å². The summed E-state index contributed by atoms with van der Waals surface area (Å²) in [6, 6.07) is 6.69. The third kappa shape index (κ3) is 5.53. The maximum absolute atomic E-state index is 11.6. The van der Waals surface area contributed by atoms with E-state index in [-0.39, 0.29) is 12.0 Å². The lowest BCUT2D eigenvalue weighted by atomic mass is 9.88. The van der Waals surface area contributed by atoms with Gasteiger partial charge in [-0.15, -0.1) is 0 Å². The first kappa shape index (κ1) is 20.9. The predicted molar refractivity (Wildman–Crippen MR) is 99.8 cm³/mol. The number of benzene rings is 1. The predicted octanol–water partition coefficient (Wildman–Crippen LogP) is 2.75. The maximum Gasteiger partial charge on any atom is 0.305 e. The molecule has 1 aromatic carbocycles. The molecule has 1 aromatic rings. The smallest absolute Gasteiger partial charge is 0.305 e. The van der Waals surface area contributed by atoms with Crippen LogP contribution in [0.5, 0.6) is 5.75 Å². The Kier molecular flexibility index (Phi) is 7.36. The van der Waals surface area contributed by atoms with Gasteiger partial charge < -0.3 is 18.9 Å². The van der Waals surface area contributed by atoms with Gasteiger partial charge in [0.05, 0.1) is 13.2 Å². The molecule has 0 unspecified atom stereocenters. The molecule has 27 heavy (non-hydrogen) atoms. The summed E-state index contributed by atoms with van der Waals surface area (Å²) in [5.41, 5.74) is 0.837. The van der Waals surface area contributed by atoms with Crippen LogP contribution in [0.25, 0.3) is 0 Å². The maximum atomic E-state index is 11.6. The Bertz CT molecular complexity index is 672. The third-order valence-corrected chi connectivity index (χ3v) is 4.53. The normalized spacial score (nSPS) is 28.0. The first-order chi connectivity index (χ1) is 12.8. The van der Waals surface area contributed by atoms with Gasteiger partial charge in [0, 0.05) is 26.0 Å². The molecule has 0 N–H and O–H groups in total. The van der Waals surface area contributed by atoms with Gasteiger partial charge in [0.1, 0.15) is 17.9 Å². The SMILES string of the molecule is CC[C@H]1O[C@@H](OC(C)=O)[C@H](N=Cc2ccc(OC)cc2)[C@@H](OC(C)=O)[C@@H]1C. The third-order valence-electron chi connectivity index (χ3n) is 4.53. The number of hydrogen-bond donors (Lipinski definition) is 0. The molecular formula is C20H27NO6. The van der Waals surface area contributed by atoms with Crippen LogP contribution in [0.4, 0.5) is 0 Å². The lowest BCUT2D eigenvalue weighted by molar-refractivity contribution is -0.241. The molecule has 0 saturated carbocycles. The van der Waals surface area contributed by atoms with Crippen LogP contribution < -0.4 is 4.74 Å². The van der Waals surface area contributed by atoms with Crippen molar-refractivity contribution in [2.24, 2.45) is 10.9 Å². The van der Waals surface area contributed by atoms with Crippen LogP contribution in [-0.2, 0) is 23.8 Å². The molecule has 0 aromatic heterocycles. The molecule has 1 saturated heterocycles. The fraction of sp³-hybridized carbons (Fsp3) is 0.550. The zero-order chi connectivity index (χ0) is 20.0. The van der Waals surface area contributed by atoms with Gasteiger partial charge in [-0.05, 0) is 36.2 Å². The molecule has 5 atom stereocenters. The number of esters is 2. The standard InChI is InChI=1S/C20H27NO6/c1-6-17-12(2)19(25-13(3)22)18(20(27-17)26-14(4)23)21-11-15-7-9-16(24-5)10-8-15/h7-12,17-20H,6H2,1-5H3/t12-,17-,18-,19+,20-/m1/s1. The minimum atomic E-state index is -0.914. The Balaban J connectivity index is 2.31. The first-order valence-electron chi connectivity index (χ1n) is 9.02. The van der Waals surface area contributed by atoms with E-state index in [1.165, 1.54) is 13.8 Å². The summed E-state index contributed by atoms with van der Waals surface area (Å²) in [5, 5.41) is 0. The number of rotatable bonds is 6. The largest absolute Gasteiger partial charge is 0.497 e. The van der Waals surface area contributed by atoms with Gasteiger partial charge in [0.2, 0.25) is 6.29 Å². The highest BCUT2D eigenvalue weighted by atomic mass is 16.7. The van der Waals surface area contributed by atoms with Crippen molar-refractivity contribution in [3.8, 4) is 5.75 Å². The average Bonchev–Trinajstić information content (AvgIpc) is 2.63. The number of carbonyl (C=O) groups is 2. The molecule has 0 aliphatic carbocycles. The van der Waals surface area contributed by atoms with E-state index in [0.717, 1.165) is 11.3 Å². The Hall–Kier alpha value is -2.41. The van der Waals surface area contributed by atoms with Gasteiger partial charge in [-0.25, -0.2) is 0 Å². The molecule has 148 valence electrons. The molecule has 1 aliphatic heterocycles. The fourth-order valence-electron chi connectivity index (χ4n) is 3.17. The molecule has 1 aliphatic rings. The van der Waals surface area contributed by atoms with Crippen LogP contribution in [0.2, 0.25) is 0 Å². The highest BCUT2D eigenvalue weighted by Gasteiger charge is 2.46. The average molecular weight is 377 g/mol. The van der Waals surface area contributed by atoms with E-state index in [0.29, 0.717) is 6.42 Å². The van der Waals surface area contributed by atoms with Gasteiger partial charge >= 0.3 is 11.9 Å². The molecular weight excluding hydrogens is 350 g/mol. The number of ether oxygens (including phenoxy) is 4. The number of methoxy groups -OCH3 is 1. The minimum absolute atomic E-state index is 0.0938. The summed E-state index contributed by atoms with van der Waals surface area (Å²) in [4.78, 5) is 27.7. The van der Waals surface area contributed by atoms with E-state index >= 15 is 0 Å². The van der Waals surface area contributed by atoms with Gasteiger partial charge in [-0.3, -0.25) is 14.6 Å². The second-order valence-electron chi connectivity index (χ2n) is 6.54. The van der Waals surface area contributed by atoms with E-state index in [1.807, 2.05) is 38.1 Å². The van der Waals surface area contributed by atoms with Crippen molar-refractivity contribution in [3.63, 3.8) is 0 Å². The van der Waals surface area contributed by atoms with Gasteiger partial charge in [0.15, 0.2) is 0 Å². The summed E-state index contributed by atoms with van der Waals surface area (Å²) in [6.07, 6.45) is 0.680. The quantitative estimate of drug-likeness (QED) is 0.560. The zero-order valence-corrected chi connectivity index (χ0v) is 16.4. The van der Waals surface area contributed by atoms with Crippen LogP contribution in [0.3, 0.4) is 0 Å². The summed E-state index contributed by atoms with van der Waals surface area (Å²) >= 11 is 0. The second kappa shape index (κ2) is 9.50. The molecule has 0 amide bonds. The Morgan fingerprint density at radius 3 is 2.30 bits per heavy atom. The van der Waals surface area contributed by atoms with Crippen molar-refractivity contribution >= 4 is 18.2 Å². The monoisotopic (exact) mass is 377 g/mol. The number of hydrogen-bond acceptors (Lipinski definition) is 7. The van der Waals surface area contributed by atoms with Crippen LogP contribution >= 0.6 is 0 Å². The van der Waals surface area contributed by atoms with E-state index in [9.17, 15) is 9.59 Å². The van der Waals surface area contributed by atoms with Crippen molar-refractivity contribution in [2.75, 3.05) is 7.11 Å². The van der Waals surface area contributed by atoms with Crippen LogP contribution in [0, 0.1) is 5.92 Å². The molecule has 7 nitrogen and oxygen atoms in total. The number of aliphatic imine (C=N–C) groups is 1. The first-order valence-corrected chi connectivity index (χ1v) is 9.02. The van der Waals surface area contributed by atoms with Crippen molar-refractivity contribution in [1.82, 2.24) is 0 Å². The van der Waals surface area contributed by atoms with Gasteiger partial charge in [-0.2, -0.15) is 0 Å². The van der Waals surface area contributed by atoms with E-state index in [2.05, 4.69) is 4.99 Å². The Labute approximate surface area is 159 Å². The molecule has 1 fully saturated rings. The van der Waals surface area contributed by atoms with Crippen LogP contribution in [0.1, 0.15) is 39.7 Å². The summed E-state index contributed by atoms with van der Waals surface area (Å²) in [5.74, 6) is -0.239. The summed E-state index contributed by atoms with van der Waals surface area (Å²) in [6.45, 7) is 6.58. The molecule has 1 heterocycles. The topological polar surface area (TPSA) is 83.4 Å². The molecule has 0 bridgehead atoms. The van der Waals surface area contributed by atoms with Crippen LogP contribution in [-0.4, -0.2) is 49.8 Å². The van der Waals surface area contributed by atoms with E-state index < -0.39 is 30.4 Å². The second-order valence-corrected chi connectivity index (χ2v) is 6.54. The minimum Gasteiger partial charge on any atom is -0.497 e. The van der Waals surface area contributed by atoms with Crippen molar-refractivity contribution in [2.45, 2.75) is 58.7 Å². The van der Waals surface area contributed by atoms with Crippen molar-refractivity contribution in [1.29, 1.82) is 0 Å². The fourth-order valence-corrected chi connectivity index (χ4v) is 3.17. The Morgan fingerprint density at radius 2 is 1.78 bits per heavy atom. The Morgan fingerprint density at radius 1 is 1.15 bits per heavy atom. The molecule has 7 heteroatoms. The highest BCUT2D eigenvalue weighted by Crippen LogP contribution is 2.32. The molecule has 0 radical (unpaired) electrons. The van der Waals surface area contributed by atoms with E-state index in [1.54, 1.807) is 13.3 Å². The summed E-state index contributed by atoms with van der Waals surface area (Å²) < 4.78 is 22.0. The molecule has 0 spiro atoms. The lowest BCUT2D eigenvalue weighted by Gasteiger charge is -2.42. The number of carbonyl (C=O) groups excluding carboxylic acids is 2. The van der Waals surface area contributed by atoms with Crippen molar-refractivity contribution < 1.29 is 28.5 Å². The highest BCUT2D eigenvalue weighted by molar-refractivity contribution is 5.80. The summed E-state index contributed by atoms with van der Waals surface area (Å²) in [7, 11) is 1.60. The molecule has 2 rings (SSSR count).